The Balaban J connectivity index is 1.37. The van der Waals surface area contributed by atoms with E-state index in [0.29, 0.717) is 19.4 Å². The summed E-state index contributed by atoms with van der Waals surface area (Å²) in [6.07, 6.45) is 9.28. The van der Waals surface area contributed by atoms with Crippen LogP contribution < -0.4 is 16.0 Å². The Hall–Kier alpha value is -3.08. The Morgan fingerprint density at radius 1 is 0.867 bits per heavy atom. The van der Waals surface area contributed by atoms with Gasteiger partial charge in [0.25, 0.3) is 0 Å². The van der Waals surface area contributed by atoms with Crippen LogP contribution in [-0.2, 0) is 16.0 Å². The highest BCUT2D eigenvalue weighted by Gasteiger charge is 2.07. The number of hydrogen-bond donors (Lipinski definition) is 3. The summed E-state index contributed by atoms with van der Waals surface area (Å²) in [4.78, 5) is 24.3. The zero-order valence-corrected chi connectivity index (χ0v) is 17.5. The van der Waals surface area contributed by atoms with E-state index >= 15 is 0 Å². The Kier molecular flexibility index (Phi) is 8.51. The second kappa shape index (κ2) is 11.8. The molecular weight excluding hydrogens is 374 g/mol. The molecule has 0 atom stereocenters. The average molecular weight is 406 g/mol. The molecule has 5 nitrogen and oxygen atoms in total. The van der Waals surface area contributed by atoms with Crippen LogP contribution in [0.25, 0.3) is 0 Å². The third-order valence-electron chi connectivity index (χ3n) is 5.24. The van der Waals surface area contributed by atoms with Crippen molar-refractivity contribution in [1.29, 1.82) is 0 Å². The minimum absolute atomic E-state index is 0.0224. The first-order valence-electron chi connectivity index (χ1n) is 10.8. The fourth-order valence-electron chi connectivity index (χ4n) is 3.57. The van der Waals surface area contributed by atoms with Crippen LogP contribution in [0.15, 0.2) is 66.2 Å². The first-order chi connectivity index (χ1) is 14.7. The number of amides is 2. The van der Waals surface area contributed by atoms with Crippen molar-refractivity contribution in [1.82, 2.24) is 5.32 Å². The summed E-state index contributed by atoms with van der Waals surface area (Å²) in [5.74, 6) is -0.0468. The number of carbonyl (C=O) groups is 2. The van der Waals surface area contributed by atoms with Gasteiger partial charge in [0, 0.05) is 24.3 Å². The molecule has 0 spiro atoms. The van der Waals surface area contributed by atoms with E-state index in [1.165, 1.54) is 24.8 Å². The second-order valence-electron chi connectivity index (χ2n) is 7.68. The monoisotopic (exact) mass is 405 g/mol. The van der Waals surface area contributed by atoms with Crippen LogP contribution in [0.5, 0.6) is 0 Å². The summed E-state index contributed by atoms with van der Waals surface area (Å²) < 4.78 is 0. The highest BCUT2D eigenvalue weighted by Crippen LogP contribution is 2.19. The van der Waals surface area contributed by atoms with E-state index in [-0.39, 0.29) is 18.4 Å². The van der Waals surface area contributed by atoms with Gasteiger partial charge >= 0.3 is 0 Å². The average Bonchev–Trinajstić information content (AvgIpc) is 2.78. The number of hydrogen-bond acceptors (Lipinski definition) is 3. The van der Waals surface area contributed by atoms with E-state index in [4.69, 9.17) is 0 Å². The molecule has 1 aliphatic rings. The van der Waals surface area contributed by atoms with E-state index in [0.717, 1.165) is 29.8 Å². The molecule has 0 heterocycles. The smallest absolute Gasteiger partial charge is 0.239 e. The summed E-state index contributed by atoms with van der Waals surface area (Å²) in [5, 5.41) is 9.02. The number of benzene rings is 2. The van der Waals surface area contributed by atoms with Crippen LogP contribution in [-0.4, -0.2) is 24.9 Å². The van der Waals surface area contributed by atoms with Gasteiger partial charge in [-0.15, -0.1) is 0 Å². The molecule has 0 bridgehead atoms. The van der Waals surface area contributed by atoms with Crippen LogP contribution >= 0.6 is 0 Å². The van der Waals surface area contributed by atoms with Gasteiger partial charge in [-0.25, -0.2) is 0 Å². The zero-order valence-electron chi connectivity index (χ0n) is 17.5. The van der Waals surface area contributed by atoms with Crippen LogP contribution in [0.3, 0.4) is 0 Å². The molecule has 2 amide bonds. The summed E-state index contributed by atoms with van der Waals surface area (Å²) >= 11 is 0. The van der Waals surface area contributed by atoms with Gasteiger partial charge in [0.15, 0.2) is 0 Å². The molecule has 158 valence electrons. The molecule has 0 saturated heterocycles. The highest BCUT2D eigenvalue weighted by molar-refractivity contribution is 5.91. The third kappa shape index (κ3) is 7.74. The van der Waals surface area contributed by atoms with Crippen LogP contribution in [0.4, 0.5) is 11.4 Å². The molecule has 3 N–H and O–H groups in total. The maximum atomic E-state index is 12.2. The molecule has 1 aliphatic carbocycles. The van der Waals surface area contributed by atoms with Crippen LogP contribution in [0.1, 0.15) is 44.1 Å². The lowest BCUT2D eigenvalue weighted by Gasteiger charge is -2.13. The Morgan fingerprint density at radius 3 is 2.50 bits per heavy atom. The maximum Gasteiger partial charge on any atom is 0.239 e. The van der Waals surface area contributed by atoms with Crippen molar-refractivity contribution in [3.8, 4) is 0 Å². The summed E-state index contributed by atoms with van der Waals surface area (Å²) in [6, 6.07) is 17.4. The fraction of sp³-hybridized carbons (Fsp3) is 0.360. The minimum atomic E-state index is -0.0243. The molecule has 3 rings (SSSR count). The van der Waals surface area contributed by atoms with Crippen molar-refractivity contribution in [3.05, 3.63) is 71.8 Å². The SMILES string of the molecule is O=C(CNc1cccc(NC(=O)CCc2ccccc2)c1)NCCC1=CCCCC1. The largest absolute Gasteiger partial charge is 0.376 e. The molecule has 5 heteroatoms. The summed E-state index contributed by atoms with van der Waals surface area (Å²) in [5.41, 5.74) is 4.14. The van der Waals surface area contributed by atoms with E-state index in [2.05, 4.69) is 22.0 Å². The van der Waals surface area contributed by atoms with Gasteiger partial charge in [-0.05, 0) is 62.3 Å². The molecule has 0 saturated carbocycles. The van der Waals surface area contributed by atoms with E-state index in [1.54, 1.807) is 0 Å². The zero-order chi connectivity index (χ0) is 21.0. The molecule has 0 unspecified atom stereocenters. The highest BCUT2D eigenvalue weighted by atomic mass is 16.2. The van der Waals surface area contributed by atoms with Gasteiger partial charge in [0.1, 0.15) is 0 Å². The van der Waals surface area contributed by atoms with Gasteiger partial charge < -0.3 is 16.0 Å². The van der Waals surface area contributed by atoms with Gasteiger partial charge in [-0.2, -0.15) is 0 Å². The Morgan fingerprint density at radius 2 is 1.70 bits per heavy atom. The van der Waals surface area contributed by atoms with Gasteiger partial charge in [0.05, 0.1) is 6.54 Å². The van der Waals surface area contributed by atoms with Crippen LogP contribution in [0, 0.1) is 0 Å². The fourth-order valence-corrected chi connectivity index (χ4v) is 3.57. The van der Waals surface area contributed by atoms with Gasteiger partial charge in [-0.1, -0.05) is 48.0 Å². The Labute approximate surface area is 179 Å². The van der Waals surface area contributed by atoms with Crippen LogP contribution in [0.2, 0.25) is 0 Å². The molecule has 30 heavy (non-hydrogen) atoms. The lowest BCUT2D eigenvalue weighted by Crippen LogP contribution is -2.30. The predicted octanol–water partition coefficient (Wildman–Crippen LogP) is 4.68. The number of carbonyl (C=O) groups excluding carboxylic acids is 2. The third-order valence-corrected chi connectivity index (χ3v) is 5.24. The van der Waals surface area contributed by atoms with Gasteiger partial charge in [-0.3, -0.25) is 9.59 Å². The number of anilines is 2. The van der Waals surface area contributed by atoms with Crippen molar-refractivity contribution in [2.45, 2.75) is 44.9 Å². The van der Waals surface area contributed by atoms with Crippen molar-refractivity contribution in [3.63, 3.8) is 0 Å². The molecule has 2 aromatic carbocycles. The topological polar surface area (TPSA) is 70.2 Å². The number of allylic oxidation sites excluding steroid dienone is 1. The number of rotatable bonds is 10. The van der Waals surface area contributed by atoms with E-state index in [1.807, 2.05) is 54.6 Å². The van der Waals surface area contributed by atoms with E-state index in [9.17, 15) is 9.59 Å². The second-order valence-corrected chi connectivity index (χ2v) is 7.68. The first-order valence-corrected chi connectivity index (χ1v) is 10.8. The van der Waals surface area contributed by atoms with Crippen molar-refractivity contribution < 1.29 is 9.59 Å². The lowest BCUT2D eigenvalue weighted by molar-refractivity contribution is -0.119. The molecule has 0 radical (unpaired) electrons. The minimum Gasteiger partial charge on any atom is -0.376 e. The van der Waals surface area contributed by atoms with E-state index < -0.39 is 0 Å². The predicted molar refractivity (Wildman–Crippen MR) is 123 cm³/mol. The van der Waals surface area contributed by atoms with Crippen molar-refractivity contribution >= 4 is 23.2 Å². The molecule has 2 aromatic rings. The molecule has 0 aromatic heterocycles. The lowest BCUT2D eigenvalue weighted by atomic mass is 9.97. The quantitative estimate of drug-likeness (QED) is 0.503. The standard InChI is InChI=1S/C25H31N3O2/c29-24(15-14-20-8-3-1-4-9-20)28-23-13-7-12-22(18-23)27-19-25(30)26-17-16-21-10-5-2-6-11-21/h1,3-4,7-10,12-13,18,27H,2,5-6,11,14-17,19H2,(H,26,30)(H,28,29). The van der Waals surface area contributed by atoms with Crippen molar-refractivity contribution in [2.24, 2.45) is 0 Å². The van der Waals surface area contributed by atoms with Gasteiger partial charge in [0.2, 0.25) is 11.8 Å². The first kappa shape index (κ1) is 21.6. The summed E-state index contributed by atoms with van der Waals surface area (Å²) in [7, 11) is 0. The molecule has 0 fully saturated rings. The normalized spacial score (nSPS) is 13.3. The van der Waals surface area contributed by atoms with Crippen molar-refractivity contribution in [2.75, 3.05) is 23.7 Å². The maximum absolute atomic E-state index is 12.2. The Bertz CT molecular complexity index is 862. The summed E-state index contributed by atoms with van der Waals surface area (Å²) in [6.45, 7) is 0.897. The number of nitrogens with one attached hydrogen (secondary N) is 3. The number of aryl methyl sites for hydroxylation is 1. The molecule has 0 aliphatic heterocycles. The molecular formula is C25H31N3O2.